The Labute approximate surface area is 97.7 Å². The van der Waals surface area contributed by atoms with Crippen LogP contribution in [0.2, 0.25) is 0 Å². The molecule has 0 spiro atoms. The van der Waals surface area contributed by atoms with E-state index in [0.29, 0.717) is 0 Å². The van der Waals surface area contributed by atoms with Crippen LogP contribution >= 0.6 is 0 Å². The third kappa shape index (κ3) is 4.38. The van der Waals surface area contributed by atoms with Gasteiger partial charge in [-0.1, -0.05) is 18.2 Å². The SMILES string of the molecule is CC(=O)O.O=C(O)Cc1cc2ccccc2[nH]1. The smallest absolute Gasteiger partial charge is 0.309 e. The van der Waals surface area contributed by atoms with E-state index < -0.39 is 11.9 Å². The van der Waals surface area contributed by atoms with E-state index in [4.69, 9.17) is 15.0 Å². The fraction of sp³-hybridized carbons (Fsp3) is 0.167. The van der Waals surface area contributed by atoms with Crippen molar-refractivity contribution >= 4 is 22.8 Å². The molecule has 0 bridgehead atoms. The summed E-state index contributed by atoms with van der Waals surface area (Å²) in [4.78, 5) is 22.5. The zero-order valence-corrected chi connectivity index (χ0v) is 9.30. The Balaban J connectivity index is 0.000000317. The predicted octanol–water partition coefficient (Wildman–Crippen LogP) is 1.89. The van der Waals surface area contributed by atoms with E-state index in [0.717, 1.165) is 23.5 Å². The van der Waals surface area contributed by atoms with Crippen molar-refractivity contribution in [2.45, 2.75) is 13.3 Å². The van der Waals surface area contributed by atoms with Crippen LogP contribution in [0.3, 0.4) is 0 Å². The number of rotatable bonds is 2. The molecule has 0 aliphatic heterocycles. The van der Waals surface area contributed by atoms with Gasteiger partial charge in [-0.2, -0.15) is 0 Å². The molecular formula is C12H13NO4. The highest BCUT2D eigenvalue weighted by Gasteiger charge is 2.03. The summed E-state index contributed by atoms with van der Waals surface area (Å²) in [5.74, 6) is -1.65. The number of carboxylic acids is 2. The molecule has 1 heterocycles. The van der Waals surface area contributed by atoms with Gasteiger partial charge in [-0.05, 0) is 17.5 Å². The van der Waals surface area contributed by atoms with Crippen LogP contribution in [0.4, 0.5) is 0 Å². The van der Waals surface area contributed by atoms with E-state index in [2.05, 4.69) is 4.98 Å². The molecule has 0 amide bonds. The monoisotopic (exact) mass is 235 g/mol. The van der Waals surface area contributed by atoms with Gasteiger partial charge >= 0.3 is 5.97 Å². The average Bonchev–Trinajstić information content (AvgIpc) is 2.57. The van der Waals surface area contributed by atoms with Gasteiger partial charge in [0, 0.05) is 18.1 Å². The Morgan fingerprint density at radius 3 is 2.35 bits per heavy atom. The number of aliphatic carboxylic acids is 2. The Bertz CT molecular complexity index is 493. The van der Waals surface area contributed by atoms with Crippen molar-refractivity contribution in [2.75, 3.05) is 0 Å². The van der Waals surface area contributed by atoms with Gasteiger partial charge in [0.2, 0.25) is 0 Å². The van der Waals surface area contributed by atoms with Crippen molar-refractivity contribution in [3.05, 3.63) is 36.0 Å². The summed E-state index contributed by atoms with van der Waals surface area (Å²) in [6.07, 6.45) is 0.0503. The van der Waals surface area contributed by atoms with E-state index >= 15 is 0 Å². The fourth-order valence-corrected chi connectivity index (χ4v) is 1.39. The van der Waals surface area contributed by atoms with E-state index in [1.54, 1.807) is 0 Å². The second-order valence-corrected chi connectivity index (χ2v) is 3.47. The minimum atomic E-state index is -0.833. The number of benzene rings is 1. The maximum Gasteiger partial charge on any atom is 0.309 e. The standard InChI is InChI=1S/C10H9NO2.C2H4O2/c12-10(13)6-8-5-7-3-1-2-4-9(7)11-8;1-2(3)4/h1-5,11H,6H2,(H,12,13);1H3,(H,3,4). The van der Waals surface area contributed by atoms with E-state index in [1.165, 1.54) is 0 Å². The van der Waals surface area contributed by atoms with Gasteiger partial charge in [0.25, 0.3) is 5.97 Å². The Morgan fingerprint density at radius 1 is 1.24 bits per heavy atom. The molecule has 17 heavy (non-hydrogen) atoms. The zero-order valence-electron chi connectivity index (χ0n) is 9.30. The molecule has 2 aromatic rings. The summed E-state index contributed by atoms with van der Waals surface area (Å²) < 4.78 is 0. The lowest BCUT2D eigenvalue weighted by atomic mass is 10.2. The first-order valence-corrected chi connectivity index (χ1v) is 4.97. The number of nitrogens with one attached hydrogen (secondary N) is 1. The van der Waals surface area contributed by atoms with Gasteiger partial charge in [-0.25, -0.2) is 0 Å². The zero-order chi connectivity index (χ0) is 12.8. The lowest BCUT2D eigenvalue weighted by Crippen LogP contribution is -1.99. The molecule has 0 saturated heterocycles. The predicted molar refractivity (Wildman–Crippen MR) is 62.9 cm³/mol. The summed E-state index contributed by atoms with van der Waals surface area (Å²) in [6.45, 7) is 1.08. The van der Waals surface area contributed by atoms with Crippen LogP contribution in [0, 0.1) is 0 Å². The maximum absolute atomic E-state index is 10.4. The van der Waals surface area contributed by atoms with Crippen molar-refractivity contribution in [2.24, 2.45) is 0 Å². The second-order valence-electron chi connectivity index (χ2n) is 3.47. The molecule has 0 unspecified atom stereocenters. The number of aromatic nitrogens is 1. The Kier molecular flexibility index (Phi) is 4.28. The molecule has 90 valence electrons. The van der Waals surface area contributed by atoms with Crippen molar-refractivity contribution in [1.82, 2.24) is 4.98 Å². The molecule has 1 aromatic carbocycles. The molecule has 0 atom stereocenters. The molecule has 5 heteroatoms. The van der Waals surface area contributed by atoms with Gasteiger partial charge < -0.3 is 15.2 Å². The summed E-state index contributed by atoms with van der Waals surface area (Å²) in [5, 5.41) is 17.0. The molecule has 0 saturated carbocycles. The molecule has 5 nitrogen and oxygen atoms in total. The average molecular weight is 235 g/mol. The van der Waals surface area contributed by atoms with Crippen LogP contribution in [-0.4, -0.2) is 27.1 Å². The third-order valence-corrected chi connectivity index (χ3v) is 1.93. The van der Waals surface area contributed by atoms with Gasteiger partial charge in [0.1, 0.15) is 0 Å². The van der Waals surface area contributed by atoms with E-state index in [-0.39, 0.29) is 6.42 Å². The number of H-pyrrole nitrogens is 1. The first-order chi connectivity index (χ1) is 7.99. The van der Waals surface area contributed by atoms with E-state index in [1.807, 2.05) is 30.3 Å². The lowest BCUT2D eigenvalue weighted by Gasteiger charge is -1.88. The minimum Gasteiger partial charge on any atom is -0.481 e. The quantitative estimate of drug-likeness (QED) is 0.741. The normalized spacial score (nSPS) is 9.47. The molecule has 1 aromatic heterocycles. The van der Waals surface area contributed by atoms with E-state index in [9.17, 15) is 4.79 Å². The molecule has 0 radical (unpaired) electrons. The van der Waals surface area contributed by atoms with Crippen LogP contribution in [0.1, 0.15) is 12.6 Å². The molecule has 3 N–H and O–H groups in total. The number of carbonyl (C=O) groups is 2. The molecule has 0 aliphatic carbocycles. The highest BCUT2D eigenvalue weighted by molar-refractivity contribution is 5.82. The van der Waals surface area contributed by atoms with Crippen molar-refractivity contribution in [3.63, 3.8) is 0 Å². The molecular weight excluding hydrogens is 222 g/mol. The summed E-state index contributed by atoms with van der Waals surface area (Å²) in [6, 6.07) is 9.60. The minimum absolute atomic E-state index is 0.0503. The van der Waals surface area contributed by atoms with Gasteiger partial charge in [-0.15, -0.1) is 0 Å². The maximum atomic E-state index is 10.4. The van der Waals surface area contributed by atoms with Gasteiger partial charge in [-0.3, -0.25) is 9.59 Å². The number of carboxylic acid groups (broad SMARTS) is 2. The number of aromatic amines is 1. The second kappa shape index (κ2) is 5.69. The number of hydrogen-bond donors (Lipinski definition) is 3. The Hall–Kier alpha value is -2.30. The summed E-state index contributed by atoms with van der Waals surface area (Å²) >= 11 is 0. The fourth-order valence-electron chi connectivity index (χ4n) is 1.39. The first kappa shape index (κ1) is 12.8. The first-order valence-electron chi connectivity index (χ1n) is 4.97. The van der Waals surface area contributed by atoms with Crippen LogP contribution in [-0.2, 0) is 16.0 Å². The largest absolute Gasteiger partial charge is 0.481 e. The Morgan fingerprint density at radius 2 is 1.82 bits per heavy atom. The highest BCUT2D eigenvalue weighted by atomic mass is 16.4. The number of hydrogen-bond acceptors (Lipinski definition) is 2. The topological polar surface area (TPSA) is 90.4 Å². The van der Waals surface area contributed by atoms with Crippen molar-refractivity contribution in [1.29, 1.82) is 0 Å². The van der Waals surface area contributed by atoms with Crippen LogP contribution in [0.15, 0.2) is 30.3 Å². The van der Waals surface area contributed by atoms with Crippen LogP contribution in [0.25, 0.3) is 10.9 Å². The number of fused-ring (bicyclic) bond motifs is 1. The highest BCUT2D eigenvalue weighted by Crippen LogP contribution is 2.14. The van der Waals surface area contributed by atoms with Gasteiger partial charge in [0.05, 0.1) is 6.42 Å². The lowest BCUT2D eigenvalue weighted by molar-refractivity contribution is -0.136. The van der Waals surface area contributed by atoms with Crippen molar-refractivity contribution < 1.29 is 19.8 Å². The molecule has 0 aliphatic rings. The molecule has 2 rings (SSSR count). The van der Waals surface area contributed by atoms with Crippen LogP contribution < -0.4 is 0 Å². The van der Waals surface area contributed by atoms with Gasteiger partial charge in [0.15, 0.2) is 0 Å². The van der Waals surface area contributed by atoms with Crippen LogP contribution in [0.5, 0.6) is 0 Å². The number of para-hydroxylation sites is 1. The summed E-state index contributed by atoms with van der Waals surface area (Å²) in [5.41, 5.74) is 1.73. The third-order valence-electron chi connectivity index (χ3n) is 1.93. The van der Waals surface area contributed by atoms with Crippen molar-refractivity contribution in [3.8, 4) is 0 Å². The summed E-state index contributed by atoms with van der Waals surface area (Å²) in [7, 11) is 0. The molecule has 0 fully saturated rings.